The van der Waals surface area contributed by atoms with Crippen molar-refractivity contribution in [1.29, 1.82) is 0 Å². The number of para-hydroxylation sites is 1. The van der Waals surface area contributed by atoms with Gasteiger partial charge in [-0.25, -0.2) is 0 Å². The van der Waals surface area contributed by atoms with E-state index in [1.165, 1.54) is 0 Å². The van der Waals surface area contributed by atoms with E-state index in [4.69, 9.17) is 9.15 Å². The second kappa shape index (κ2) is 7.86. The topological polar surface area (TPSA) is 80.6 Å². The van der Waals surface area contributed by atoms with E-state index >= 15 is 0 Å². The largest absolute Gasteiger partial charge is 0.450 e. The van der Waals surface area contributed by atoms with Crippen LogP contribution in [-0.2, 0) is 16.8 Å². The predicted molar refractivity (Wildman–Crippen MR) is 107 cm³/mol. The zero-order valence-electron chi connectivity index (χ0n) is 16.5. The maximum absolute atomic E-state index is 12.6. The predicted octanol–water partition coefficient (Wildman–Crippen LogP) is 3.95. The molecule has 2 aromatic carbocycles. The molecule has 0 bridgehead atoms. The number of ether oxygens (including phenoxy) is 1. The van der Waals surface area contributed by atoms with Crippen molar-refractivity contribution < 1.29 is 18.7 Å². The van der Waals surface area contributed by atoms with E-state index in [0.717, 1.165) is 10.9 Å². The first kappa shape index (κ1) is 19.6. The molecular formula is C22H24N2O4. The zero-order chi connectivity index (χ0) is 20.3. The van der Waals surface area contributed by atoms with E-state index in [0.29, 0.717) is 16.7 Å². The van der Waals surface area contributed by atoms with Gasteiger partial charge in [0.2, 0.25) is 0 Å². The minimum atomic E-state index is -0.539. The van der Waals surface area contributed by atoms with E-state index in [9.17, 15) is 9.59 Å². The Morgan fingerprint density at radius 2 is 1.61 bits per heavy atom. The Kier molecular flexibility index (Phi) is 5.51. The molecule has 0 unspecified atom stereocenters. The first-order valence-corrected chi connectivity index (χ1v) is 9.02. The molecule has 1 aromatic heterocycles. The van der Waals surface area contributed by atoms with Gasteiger partial charge in [-0.2, -0.15) is 0 Å². The second-order valence-corrected chi connectivity index (χ2v) is 7.57. The van der Waals surface area contributed by atoms with Crippen LogP contribution >= 0.6 is 0 Å². The second-order valence-electron chi connectivity index (χ2n) is 7.57. The number of carbonyl (C=O) groups is 2. The number of hydrazine groups is 1. The van der Waals surface area contributed by atoms with Gasteiger partial charge in [0.05, 0.1) is 6.61 Å². The first-order valence-electron chi connectivity index (χ1n) is 9.02. The molecule has 6 heteroatoms. The Hall–Kier alpha value is -3.12. The maximum Gasteiger partial charge on any atom is 0.305 e. The van der Waals surface area contributed by atoms with Gasteiger partial charge in [0, 0.05) is 23.6 Å². The standard InChI is InChI=1S/C22H24N2O4/c1-22(2,3)15-11-9-14(10-12-15)20(25)23-24-21(26)19-17(13-27-4)16-7-5-6-8-18(16)28-19/h5-12H,13H2,1-4H3,(H,23,25)(H,24,26). The van der Waals surface area contributed by atoms with E-state index in [-0.39, 0.29) is 17.8 Å². The van der Waals surface area contributed by atoms with Crippen molar-refractivity contribution in [2.24, 2.45) is 0 Å². The smallest absolute Gasteiger partial charge is 0.305 e. The number of benzene rings is 2. The van der Waals surface area contributed by atoms with Gasteiger partial charge in [-0.3, -0.25) is 20.4 Å². The van der Waals surface area contributed by atoms with Crippen LogP contribution in [0, 0.1) is 0 Å². The number of nitrogens with one attached hydrogen (secondary N) is 2. The summed E-state index contributed by atoms with van der Waals surface area (Å²) in [4.78, 5) is 24.9. The Labute approximate surface area is 163 Å². The molecule has 1 heterocycles. The highest BCUT2D eigenvalue weighted by molar-refractivity contribution is 6.01. The van der Waals surface area contributed by atoms with Gasteiger partial charge >= 0.3 is 5.91 Å². The lowest BCUT2D eigenvalue weighted by Crippen LogP contribution is -2.41. The highest BCUT2D eigenvalue weighted by atomic mass is 16.5. The number of amides is 2. The van der Waals surface area contributed by atoms with E-state index in [2.05, 4.69) is 31.6 Å². The molecule has 0 fully saturated rings. The first-order chi connectivity index (χ1) is 13.3. The summed E-state index contributed by atoms with van der Waals surface area (Å²) in [5, 5.41) is 0.804. The SMILES string of the molecule is COCc1c(C(=O)NNC(=O)c2ccc(C(C)(C)C)cc2)oc2ccccc12. The normalized spacial score (nSPS) is 11.4. The molecule has 6 nitrogen and oxygen atoms in total. The lowest BCUT2D eigenvalue weighted by atomic mass is 9.87. The summed E-state index contributed by atoms with van der Waals surface area (Å²) >= 11 is 0. The molecular weight excluding hydrogens is 356 g/mol. The van der Waals surface area contributed by atoms with Crippen LogP contribution in [0.25, 0.3) is 11.0 Å². The molecule has 0 radical (unpaired) electrons. The highest BCUT2D eigenvalue weighted by Crippen LogP contribution is 2.26. The van der Waals surface area contributed by atoms with Crippen molar-refractivity contribution in [2.45, 2.75) is 32.8 Å². The summed E-state index contributed by atoms with van der Waals surface area (Å²) in [7, 11) is 1.55. The number of methoxy groups -OCH3 is 1. The molecule has 2 amide bonds. The quantitative estimate of drug-likeness (QED) is 0.672. The third-order valence-corrected chi connectivity index (χ3v) is 4.50. The van der Waals surface area contributed by atoms with Gasteiger partial charge in [-0.05, 0) is 29.2 Å². The van der Waals surface area contributed by atoms with Gasteiger partial charge in [-0.1, -0.05) is 51.1 Å². The molecule has 0 spiro atoms. The third-order valence-electron chi connectivity index (χ3n) is 4.50. The molecule has 0 saturated carbocycles. The number of fused-ring (bicyclic) bond motifs is 1. The molecule has 0 aliphatic rings. The van der Waals surface area contributed by atoms with Crippen LogP contribution < -0.4 is 10.9 Å². The fourth-order valence-corrected chi connectivity index (χ4v) is 2.93. The molecule has 3 aromatic rings. The van der Waals surface area contributed by atoms with Gasteiger partial charge < -0.3 is 9.15 Å². The molecule has 0 aliphatic carbocycles. The van der Waals surface area contributed by atoms with E-state index < -0.39 is 11.8 Å². The molecule has 2 N–H and O–H groups in total. The summed E-state index contributed by atoms with van der Waals surface area (Å²) in [6.07, 6.45) is 0. The average Bonchev–Trinajstić information content (AvgIpc) is 3.04. The van der Waals surface area contributed by atoms with Crippen molar-refractivity contribution in [3.8, 4) is 0 Å². The van der Waals surface area contributed by atoms with Crippen molar-refractivity contribution in [3.63, 3.8) is 0 Å². The summed E-state index contributed by atoms with van der Waals surface area (Å²) in [5.74, 6) is -0.826. The summed E-state index contributed by atoms with van der Waals surface area (Å²) in [6, 6.07) is 14.6. The molecule has 0 saturated heterocycles. The highest BCUT2D eigenvalue weighted by Gasteiger charge is 2.21. The summed E-state index contributed by atoms with van der Waals surface area (Å²) in [5.41, 5.74) is 7.65. The minimum Gasteiger partial charge on any atom is -0.450 e. The average molecular weight is 380 g/mol. The van der Waals surface area contributed by atoms with Crippen LogP contribution in [0.2, 0.25) is 0 Å². The van der Waals surface area contributed by atoms with Crippen molar-refractivity contribution >= 4 is 22.8 Å². The van der Waals surface area contributed by atoms with Crippen LogP contribution in [0.3, 0.4) is 0 Å². The molecule has 146 valence electrons. The Morgan fingerprint density at radius 3 is 2.25 bits per heavy atom. The molecule has 0 aliphatic heterocycles. The molecule has 28 heavy (non-hydrogen) atoms. The van der Waals surface area contributed by atoms with Gasteiger partial charge in [-0.15, -0.1) is 0 Å². The van der Waals surface area contributed by atoms with E-state index in [1.54, 1.807) is 25.3 Å². The summed E-state index contributed by atoms with van der Waals surface area (Å²) in [6.45, 7) is 6.54. The van der Waals surface area contributed by atoms with Gasteiger partial charge in [0.15, 0.2) is 5.76 Å². The van der Waals surface area contributed by atoms with Gasteiger partial charge in [0.1, 0.15) is 5.58 Å². The minimum absolute atomic E-state index is 0.00225. The zero-order valence-corrected chi connectivity index (χ0v) is 16.5. The lowest BCUT2D eigenvalue weighted by molar-refractivity contribution is 0.0828. The van der Waals surface area contributed by atoms with Crippen LogP contribution in [0.15, 0.2) is 52.9 Å². The van der Waals surface area contributed by atoms with Crippen LogP contribution in [0.4, 0.5) is 0 Å². The number of rotatable bonds is 4. The summed E-state index contributed by atoms with van der Waals surface area (Å²) < 4.78 is 10.9. The molecule has 0 atom stereocenters. The Bertz CT molecular complexity index is 998. The lowest BCUT2D eigenvalue weighted by Gasteiger charge is -2.19. The fraction of sp³-hybridized carbons (Fsp3) is 0.273. The number of furan rings is 1. The maximum atomic E-state index is 12.6. The Morgan fingerprint density at radius 1 is 0.964 bits per heavy atom. The number of hydrogen-bond acceptors (Lipinski definition) is 4. The molecule has 3 rings (SSSR count). The Balaban J connectivity index is 1.72. The third kappa shape index (κ3) is 4.07. The van der Waals surface area contributed by atoms with Crippen LogP contribution in [0.5, 0.6) is 0 Å². The van der Waals surface area contributed by atoms with Gasteiger partial charge in [0.25, 0.3) is 5.91 Å². The van der Waals surface area contributed by atoms with Crippen molar-refractivity contribution in [3.05, 3.63) is 71.0 Å². The van der Waals surface area contributed by atoms with E-state index in [1.807, 2.05) is 30.3 Å². The number of carbonyl (C=O) groups excluding carboxylic acids is 2. The monoisotopic (exact) mass is 380 g/mol. The number of hydrogen-bond donors (Lipinski definition) is 2. The van der Waals surface area contributed by atoms with Crippen molar-refractivity contribution in [2.75, 3.05) is 7.11 Å². The van der Waals surface area contributed by atoms with Crippen molar-refractivity contribution in [1.82, 2.24) is 10.9 Å². The van der Waals surface area contributed by atoms with Crippen LogP contribution in [0.1, 0.15) is 52.8 Å². The van der Waals surface area contributed by atoms with Crippen LogP contribution in [-0.4, -0.2) is 18.9 Å². The fourth-order valence-electron chi connectivity index (χ4n) is 2.93.